The summed E-state index contributed by atoms with van der Waals surface area (Å²) in [5, 5.41) is 9.47. The van der Waals surface area contributed by atoms with Gasteiger partial charge in [0, 0.05) is 19.0 Å². The second-order valence-corrected chi connectivity index (χ2v) is 5.40. The molecule has 3 heteroatoms. The van der Waals surface area contributed by atoms with E-state index in [1.807, 2.05) is 11.9 Å². The topological polar surface area (TPSA) is 40.5 Å². The lowest BCUT2D eigenvalue weighted by atomic mass is 9.93. The third-order valence-electron chi connectivity index (χ3n) is 4.22. The average Bonchev–Trinajstić information content (AvgIpc) is 2.75. The number of amides is 1. The molecule has 2 saturated carbocycles. The monoisotopic (exact) mass is 225 g/mol. The molecule has 0 radical (unpaired) electrons. The molecular formula is C13H23NO2. The summed E-state index contributed by atoms with van der Waals surface area (Å²) < 4.78 is 0. The van der Waals surface area contributed by atoms with Crippen LogP contribution >= 0.6 is 0 Å². The highest BCUT2D eigenvalue weighted by atomic mass is 16.3. The maximum absolute atomic E-state index is 12.2. The normalized spacial score (nSPS) is 31.6. The Bertz CT molecular complexity index is 248. The smallest absolute Gasteiger partial charge is 0.225 e. The summed E-state index contributed by atoms with van der Waals surface area (Å²) in [6.07, 6.45) is 8.27. The molecule has 1 N–H and O–H groups in total. The highest BCUT2D eigenvalue weighted by Crippen LogP contribution is 2.29. The molecule has 1 amide bonds. The van der Waals surface area contributed by atoms with E-state index in [1.165, 1.54) is 19.3 Å². The van der Waals surface area contributed by atoms with Crippen LogP contribution in [-0.4, -0.2) is 35.1 Å². The van der Waals surface area contributed by atoms with Crippen LogP contribution in [0.5, 0.6) is 0 Å². The lowest BCUT2D eigenvalue weighted by molar-refractivity contribution is -0.137. The third kappa shape index (κ3) is 2.57. The van der Waals surface area contributed by atoms with Gasteiger partial charge in [0.2, 0.25) is 5.91 Å². The van der Waals surface area contributed by atoms with Crippen molar-refractivity contribution in [2.75, 3.05) is 7.05 Å². The molecule has 2 rings (SSSR count). The van der Waals surface area contributed by atoms with E-state index >= 15 is 0 Å². The maximum Gasteiger partial charge on any atom is 0.225 e. The summed E-state index contributed by atoms with van der Waals surface area (Å²) in [6.45, 7) is 0. The first-order chi connectivity index (χ1) is 7.68. The van der Waals surface area contributed by atoms with Crippen LogP contribution in [0.25, 0.3) is 0 Å². The number of hydrogen-bond donors (Lipinski definition) is 1. The van der Waals surface area contributed by atoms with Crippen molar-refractivity contribution in [3.8, 4) is 0 Å². The van der Waals surface area contributed by atoms with Gasteiger partial charge in [-0.15, -0.1) is 0 Å². The molecule has 2 atom stereocenters. The zero-order valence-corrected chi connectivity index (χ0v) is 10.2. The van der Waals surface area contributed by atoms with Crippen LogP contribution < -0.4 is 0 Å². The van der Waals surface area contributed by atoms with E-state index in [9.17, 15) is 9.90 Å². The Morgan fingerprint density at radius 2 is 1.81 bits per heavy atom. The molecule has 92 valence electrons. The van der Waals surface area contributed by atoms with Crippen molar-refractivity contribution in [2.45, 2.75) is 63.5 Å². The molecule has 0 aliphatic heterocycles. The van der Waals surface area contributed by atoms with E-state index < -0.39 is 0 Å². The van der Waals surface area contributed by atoms with Gasteiger partial charge in [0.25, 0.3) is 0 Å². The summed E-state index contributed by atoms with van der Waals surface area (Å²) in [4.78, 5) is 14.2. The predicted molar refractivity (Wildman–Crippen MR) is 63.0 cm³/mol. The first-order valence-electron chi connectivity index (χ1n) is 6.63. The number of hydrogen-bond acceptors (Lipinski definition) is 2. The molecular weight excluding hydrogens is 202 g/mol. The molecule has 0 aromatic heterocycles. The number of rotatable bonds is 2. The van der Waals surface area contributed by atoms with Crippen molar-refractivity contribution >= 4 is 5.91 Å². The van der Waals surface area contributed by atoms with Crippen molar-refractivity contribution in [3.63, 3.8) is 0 Å². The average molecular weight is 225 g/mol. The van der Waals surface area contributed by atoms with Crippen molar-refractivity contribution in [3.05, 3.63) is 0 Å². The minimum atomic E-state index is -0.242. The molecule has 0 saturated heterocycles. The molecule has 2 aliphatic carbocycles. The minimum absolute atomic E-state index is 0.0851. The Morgan fingerprint density at radius 1 is 1.12 bits per heavy atom. The maximum atomic E-state index is 12.2. The van der Waals surface area contributed by atoms with Gasteiger partial charge >= 0.3 is 0 Å². The molecule has 0 bridgehead atoms. The number of carbonyl (C=O) groups is 1. The van der Waals surface area contributed by atoms with Gasteiger partial charge in [0.05, 0.1) is 6.10 Å². The molecule has 0 spiro atoms. The largest absolute Gasteiger partial charge is 0.393 e. The molecule has 0 aromatic rings. The summed E-state index contributed by atoms with van der Waals surface area (Å²) in [6, 6.07) is 0.457. The first kappa shape index (κ1) is 11.9. The fraction of sp³-hybridized carbons (Fsp3) is 0.923. The van der Waals surface area contributed by atoms with E-state index in [4.69, 9.17) is 0 Å². The molecule has 2 unspecified atom stereocenters. The van der Waals surface area contributed by atoms with E-state index in [2.05, 4.69) is 0 Å². The Hall–Kier alpha value is -0.570. The van der Waals surface area contributed by atoms with E-state index in [-0.39, 0.29) is 17.9 Å². The number of nitrogens with zero attached hydrogens (tertiary/aromatic N) is 1. The van der Waals surface area contributed by atoms with E-state index in [0.29, 0.717) is 12.5 Å². The zero-order valence-electron chi connectivity index (χ0n) is 10.2. The van der Waals surface area contributed by atoms with Crippen LogP contribution in [-0.2, 0) is 4.79 Å². The number of aliphatic hydroxyl groups excluding tert-OH is 1. The second-order valence-electron chi connectivity index (χ2n) is 5.40. The van der Waals surface area contributed by atoms with Gasteiger partial charge in [-0.2, -0.15) is 0 Å². The van der Waals surface area contributed by atoms with Gasteiger partial charge < -0.3 is 10.0 Å². The van der Waals surface area contributed by atoms with Crippen LogP contribution in [0.1, 0.15) is 51.4 Å². The Morgan fingerprint density at radius 3 is 2.38 bits per heavy atom. The molecule has 2 aliphatic rings. The van der Waals surface area contributed by atoms with Crippen molar-refractivity contribution < 1.29 is 9.90 Å². The van der Waals surface area contributed by atoms with E-state index in [1.54, 1.807) is 0 Å². The zero-order chi connectivity index (χ0) is 11.5. The van der Waals surface area contributed by atoms with Crippen molar-refractivity contribution in [1.29, 1.82) is 0 Å². The SMILES string of the molecule is CN(C(=O)C1CCC(O)C1)C1CCCCC1. The van der Waals surface area contributed by atoms with Crippen LogP contribution in [0.4, 0.5) is 0 Å². The lowest BCUT2D eigenvalue weighted by Gasteiger charge is -2.33. The molecule has 0 heterocycles. The van der Waals surface area contributed by atoms with E-state index in [0.717, 1.165) is 25.7 Å². The van der Waals surface area contributed by atoms with Crippen LogP contribution in [0, 0.1) is 5.92 Å². The fourth-order valence-corrected chi connectivity index (χ4v) is 3.12. The van der Waals surface area contributed by atoms with Crippen LogP contribution in [0.15, 0.2) is 0 Å². The first-order valence-corrected chi connectivity index (χ1v) is 6.63. The van der Waals surface area contributed by atoms with Gasteiger partial charge in [-0.1, -0.05) is 19.3 Å². The Balaban J connectivity index is 1.88. The minimum Gasteiger partial charge on any atom is -0.393 e. The Labute approximate surface area is 97.8 Å². The molecule has 2 fully saturated rings. The molecule has 16 heavy (non-hydrogen) atoms. The number of aliphatic hydroxyl groups is 1. The highest BCUT2D eigenvalue weighted by molar-refractivity contribution is 5.79. The van der Waals surface area contributed by atoms with Crippen molar-refractivity contribution in [1.82, 2.24) is 4.90 Å². The summed E-state index contributed by atoms with van der Waals surface area (Å²) in [5.41, 5.74) is 0. The summed E-state index contributed by atoms with van der Waals surface area (Å²) in [5.74, 6) is 0.352. The standard InChI is InChI=1S/C13H23NO2/c1-14(11-5-3-2-4-6-11)13(16)10-7-8-12(15)9-10/h10-12,15H,2-9H2,1H3. The second kappa shape index (κ2) is 5.17. The number of carbonyl (C=O) groups excluding carboxylic acids is 1. The Kier molecular flexibility index (Phi) is 3.85. The van der Waals surface area contributed by atoms with Crippen molar-refractivity contribution in [2.24, 2.45) is 5.92 Å². The van der Waals surface area contributed by atoms with Gasteiger partial charge in [0.15, 0.2) is 0 Å². The summed E-state index contributed by atoms with van der Waals surface area (Å²) in [7, 11) is 1.95. The van der Waals surface area contributed by atoms with Crippen LogP contribution in [0.3, 0.4) is 0 Å². The molecule has 3 nitrogen and oxygen atoms in total. The quantitative estimate of drug-likeness (QED) is 0.780. The van der Waals surface area contributed by atoms with Gasteiger partial charge in [-0.3, -0.25) is 4.79 Å². The van der Waals surface area contributed by atoms with Crippen LogP contribution in [0.2, 0.25) is 0 Å². The predicted octanol–water partition coefficient (Wildman–Crippen LogP) is 1.94. The lowest BCUT2D eigenvalue weighted by Crippen LogP contribution is -2.41. The van der Waals surface area contributed by atoms with Gasteiger partial charge in [0.1, 0.15) is 0 Å². The fourth-order valence-electron chi connectivity index (χ4n) is 3.12. The highest BCUT2D eigenvalue weighted by Gasteiger charge is 2.33. The summed E-state index contributed by atoms with van der Waals surface area (Å²) >= 11 is 0. The van der Waals surface area contributed by atoms with Gasteiger partial charge in [-0.05, 0) is 32.1 Å². The molecule has 0 aromatic carbocycles. The van der Waals surface area contributed by atoms with Gasteiger partial charge in [-0.25, -0.2) is 0 Å². The third-order valence-corrected chi connectivity index (χ3v) is 4.22.